The fourth-order valence-electron chi connectivity index (χ4n) is 1.73. The van der Waals surface area contributed by atoms with Crippen molar-refractivity contribution in [3.05, 3.63) is 28.2 Å². The predicted octanol–water partition coefficient (Wildman–Crippen LogP) is 3.47. The van der Waals surface area contributed by atoms with Crippen LogP contribution in [-0.2, 0) is 4.74 Å². The minimum Gasteiger partial charge on any atom is -0.456 e. The Morgan fingerprint density at radius 2 is 2.06 bits per heavy atom. The van der Waals surface area contributed by atoms with Gasteiger partial charge in [-0.25, -0.2) is 4.79 Å². The summed E-state index contributed by atoms with van der Waals surface area (Å²) in [6.45, 7) is 5.48. The molecule has 0 aliphatic carbocycles. The van der Waals surface area contributed by atoms with Gasteiger partial charge in [-0.05, 0) is 39.0 Å². The van der Waals surface area contributed by atoms with Gasteiger partial charge in [-0.1, -0.05) is 15.9 Å². The van der Waals surface area contributed by atoms with E-state index in [-0.39, 0.29) is 0 Å². The van der Waals surface area contributed by atoms with Gasteiger partial charge >= 0.3 is 5.97 Å². The first kappa shape index (κ1) is 13.0. The van der Waals surface area contributed by atoms with Gasteiger partial charge in [-0.3, -0.25) is 0 Å². The lowest BCUT2D eigenvalue weighted by Crippen LogP contribution is -2.24. The van der Waals surface area contributed by atoms with Crippen molar-refractivity contribution in [2.45, 2.75) is 26.4 Å². The average molecular weight is 311 g/mol. The largest absolute Gasteiger partial charge is 0.456 e. The van der Waals surface area contributed by atoms with E-state index in [4.69, 9.17) is 10.5 Å². The zero-order valence-electron chi connectivity index (χ0n) is 10.5. The Morgan fingerprint density at radius 1 is 1.39 bits per heavy atom. The summed E-state index contributed by atoms with van der Waals surface area (Å²) < 4.78 is 6.24. The number of ether oxygens (including phenoxy) is 1. The van der Waals surface area contributed by atoms with E-state index >= 15 is 0 Å². The number of esters is 1. The van der Waals surface area contributed by atoms with Crippen LogP contribution >= 0.6 is 15.9 Å². The van der Waals surface area contributed by atoms with Crippen molar-refractivity contribution in [2.75, 3.05) is 5.73 Å². The smallest absolute Gasteiger partial charge is 0.343 e. The van der Waals surface area contributed by atoms with Crippen molar-refractivity contribution in [2.24, 2.45) is 0 Å². The number of fused-ring (bicyclic) bond motifs is 1. The maximum atomic E-state index is 12.1. The molecule has 1 aromatic carbocycles. The van der Waals surface area contributed by atoms with Gasteiger partial charge < -0.3 is 15.5 Å². The summed E-state index contributed by atoms with van der Waals surface area (Å²) in [5.41, 5.74) is 6.52. The van der Waals surface area contributed by atoms with Crippen LogP contribution in [0.25, 0.3) is 10.9 Å². The van der Waals surface area contributed by atoms with E-state index in [0.29, 0.717) is 11.4 Å². The molecular weight excluding hydrogens is 296 g/mol. The van der Waals surface area contributed by atoms with Crippen LogP contribution in [0, 0.1) is 0 Å². The van der Waals surface area contributed by atoms with Crippen LogP contribution in [0.2, 0.25) is 0 Å². The number of nitrogens with one attached hydrogen (secondary N) is 1. The Morgan fingerprint density at radius 3 is 2.67 bits per heavy atom. The minimum absolute atomic E-state index is 0.331. The lowest BCUT2D eigenvalue weighted by atomic mass is 10.1. The molecule has 0 saturated heterocycles. The number of carbonyl (C=O) groups excluding carboxylic acids is 1. The molecule has 0 fully saturated rings. The summed E-state index contributed by atoms with van der Waals surface area (Å²) in [5.74, 6) is -0.0818. The monoisotopic (exact) mass is 310 g/mol. The highest BCUT2D eigenvalue weighted by molar-refractivity contribution is 9.10. The zero-order chi connectivity index (χ0) is 13.5. The van der Waals surface area contributed by atoms with Gasteiger partial charge in [0.25, 0.3) is 0 Å². The number of aromatic amines is 1. The van der Waals surface area contributed by atoms with E-state index in [9.17, 15) is 4.79 Å². The Hall–Kier alpha value is -1.49. The van der Waals surface area contributed by atoms with Crippen LogP contribution in [0.3, 0.4) is 0 Å². The molecular formula is C13H15BrN2O2. The van der Waals surface area contributed by atoms with Crippen LogP contribution in [-0.4, -0.2) is 16.6 Å². The van der Waals surface area contributed by atoms with Gasteiger partial charge in [0.2, 0.25) is 0 Å². The summed E-state index contributed by atoms with van der Waals surface area (Å²) in [6.07, 6.45) is 0. The molecule has 0 aliphatic rings. The Kier molecular flexibility index (Phi) is 3.11. The number of halogens is 1. The third-order valence-corrected chi connectivity index (χ3v) is 2.89. The predicted molar refractivity (Wildman–Crippen MR) is 75.6 cm³/mol. The second-order valence-corrected chi connectivity index (χ2v) is 6.02. The first-order valence-electron chi connectivity index (χ1n) is 5.58. The summed E-state index contributed by atoms with van der Waals surface area (Å²) >= 11 is 3.38. The fraction of sp³-hybridized carbons (Fsp3) is 0.308. The molecule has 0 unspecified atom stereocenters. The molecule has 0 bridgehead atoms. The molecule has 1 aromatic heterocycles. The lowest BCUT2D eigenvalue weighted by Gasteiger charge is -2.19. The van der Waals surface area contributed by atoms with Crippen molar-refractivity contribution in [3.8, 4) is 0 Å². The third-order valence-electron chi connectivity index (χ3n) is 2.39. The molecule has 18 heavy (non-hydrogen) atoms. The second-order valence-electron chi connectivity index (χ2n) is 5.11. The molecule has 5 heteroatoms. The number of hydrogen-bond acceptors (Lipinski definition) is 3. The van der Waals surface area contributed by atoms with Gasteiger partial charge in [0.1, 0.15) is 17.0 Å². The molecule has 0 amide bonds. The lowest BCUT2D eigenvalue weighted by molar-refractivity contribution is 0.00732. The van der Waals surface area contributed by atoms with Crippen molar-refractivity contribution >= 4 is 38.6 Å². The minimum atomic E-state index is -0.543. The molecule has 1 heterocycles. The summed E-state index contributed by atoms with van der Waals surface area (Å²) in [6, 6.07) is 5.60. The van der Waals surface area contributed by atoms with E-state index in [1.807, 2.05) is 39.0 Å². The zero-order valence-corrected chi connectivity index (χ0v) is 12.1. The molecule has 0 radical (unpaired) electrons. The normalized spacial score (nSPS) is 11.8. The summed E-state index contributed by atoms with van der Waals surface area (Å²) in [5, 5.41) is 0.760. The molecule has 0 atom stereocenters. The molecule has 4 nitrogen and oxygen atoms in total. The number of H-pyrrole nitrogens is 1. The Balaban J connectivity index is 2.53. The highest BCUT2D eigenvalue weighted by Crippen LogP contribution is 2.28. The van der Waals surface area contributed by atoms with E-state index in [1.165, 1.54) is 0 Å². The Labute approximate surface area is 114 Å². The van der Waals surface area contributed by atoms with Crippen molar-refractivity contribution in [1.29, 1.82) is 0 Å². The van der Waals surface area contributed by atoms with E-state index in [1.54, 1.807) is 0 Å². The number of nitrogens with two attached hydrogens (primary N) is 1. The topological polar surface area (TPSA) is 68.1 Å². The van der Waals surface area contributed by atoms with Gasteiger partial charge in [0, 0.05) is 15.4 Å². The highest BCUT2D eigenvalue weighted by atomic mass is 79.9. The van der Waals surface area contributed by atoms with Crippen molar-refractivity contribution < 1.29 is 9.53 Å². The number of nitrogen functional groups attached to an aromatic ring is 1. The average Bonchev–Trinajstić information content (AvgIpc) is 2.50. The van der Waals surface area contributed by atoms with Crippen molar-refractivity contribution in [1.82, 2.24) is 4.98 Å². The molecule has 3 N–H and O–H groups in total. The van der Waals surface area contributed by atoms with Crippen LogP contribution in [0.5, 0.6) is 0 Å². The first-order valence-corrected chi connectivity index (χ1v) is 6.37. The van der Waals surface area contributed by atoms with Crippen molar-refractivity contribution in [3.63, 3.8) is 0 Å². The Bertz CT molecular complexity index is 611. The summed E-state index contributed by atoms with van der Waals surface area (Å²) in [4.78, 5) is 15.1. The number of benzene rings is 1. The standard InChI is InChI=1S/C13H15BrN2O2/c1-13(2,3)18-12(17)10-8-6-7(14)4-5-9(8)16-11(10)15/h4-6,16H,15H2,1-3H3. The molecule has 0 aliphatic heterocycles. The molecule has 2 rings (SSSR count). The first-order chi connectivity index (χ1) is 8.28. The van der Waals surface area contributed by atoms with Gasteiger partial charge in [-0.2, -0.15) is 0 Å². The number of aromatic nitrogens is 1. The third kappa shape index (κ3) is 2.51. The number of rotatable bonds is 1. The van der Waals surface area contributed by atoms with Gasteiger partial charge in [0.05, 0.1) is 0 Å². The second kappa shape index (κ2) is 4.31. The maximum Gasteiger partial charge on any atom is 0.343 e. The molecule has 0 saturated carbocycles. The summed E-state index contributed by atoms with van der Waals surface area (Å²) in [7, 11) is 0. The fourth-order valence-corrected chi connectivity index (χ4v) is 2.10. The quantitative estimate of drug-likeness (QED) is 0.792. The SMILES string of the molecule is CC(C)(C)OC(=O)c1c(N)[nH]c2ccc(Br)cc12. The van der Waals surface area contributed by atoms with Gasteiger partial charge in [0.15, 0.2) is 0 Å². The highest BCUT2D eigenvalue weighted by Gasteiger charge is 2.23. The number of carbonyl (C=O) groups is 1. The van der Waals surface area contributed by atoms with E-state index < -0.39 is 11.6 Å². The van der Waals surface area contributed by atoms with Gasteiger partial charge in [-0.15, -0.1) is 0 Å². The van der Waals surface area contributed by atoms with E-state index in [0.717, 1.165) is 15.4 Å². The van der Waals surface area contributed by atoms with Crippen LogP contribution < -0.4 is 5.73 Å². The van der Waals surface area contributed by atoms with Crippen LogP contribution in [0.4, 0.5) is 5.82 Å². The molecule has 96 valence electrons. The number of hydrogen-bond donors (Lipinski definition) is 2. The molecule has 2 aromatic rings. The van der Waals surface area contributed by atoms with Crippen LogP contribution in [0.15, 0.2) is 22.7 Å². The van der Waals surface area contributed by atoms with E-state index in [2.05, 4.69) is 20.9 Å². The maximum absolute atomic E-state index is 12.1. The number of anilines is 1. The van der Waals surface area contributed by atoms with Crippen LogP contribution in [0.1, 0.15) is 31.1 Å². The molecule has 0 spiro atoms.